The summed E-state index contributed by atoms with van der Waals surface area (Å²) in [6.45, 7) is 2.10. The number of nitrogens with two attached hydrogens (primary N) is 1. The van der Waals surface area contributed by atoms with Gasteiger partial charge in [0.05, 0.1) is 14.2 Å². The van der Waals surface area contributed by atoms with Crippen molar-refractivity contribution in [2.24, 2.45) is 5.73 Å². The summed E-state index contributed by atoms with van der Waals surface area (Å²) in [5, 5.41) is 3.99. The second-order valence-corrected chi connectivity index (χ2v) is 4.83. The van der Waals surface area contributed by atoms with E-state index in [9.17, 15) is 0 Å². The number of ether oxygens (including phenoxy) is 2. The van der Waals surface area contributed by atoms with E-state index in [1.54, 1.807) is 14.2 Å². The number of hydrogen-bond acceptors (Lipinski definition) is 6. The van der Waals surface area contributed by atoms with Gasteiger partial charge in [-0.15, -0.1) is 0 Å². The molecule has 0 radical (unpaired) electrons. The highest BCUT2D eigenvalue weighted by Gasteiger charge is 2.14. The van der Waals surface area contributed by atoms with Crippen LogP contribution in [0, 0.1) is 0 Å². The Balaban J connectivity index is 2.17. The Morgan fingerprint density at radius 3 is 2.67 bits per heavy atom. The maximum atomic E-state index is 5.98. The molecule has 2 rings (SSSR count). The first-order chi connectivity index (χ1) is 10.2. The van der Waals surface area contributed by atoms with Crippen LogP contribution < -0.4 is 15.2 Å². The highest BCUT2D eigenvalue weighted by atomic mass is 16.5. The summed E-state index contributed by atoms with van der Waals surface area (Å²) < 4.78 is 15.7. The van der Waals surface area contributed by atoms with E-state index in [4.69, 9.17) is 19.7 Å². The lowest BCUT2D eigenvalue weighted by Gasteiger charge is -2.07. The predicted octanol–water partition coefficient (Wildman–Crippen LogP) is 2.42. The minimum absolute atomic E-state index is 0.0497. The zero-order chi connectivity index (χ0) is 15.2. The largest absolute Gasteiger partial charge is 0.493 e. The molecule has 0 saturated carbocycles. The van der Waals surface area contributed by atoms with Gasteiger partial charge in [-0.25, -0.2) is 0 Å². The predicted molar refractivity (Wildman–Crippen MR) is 79.4 cm³/mol. The highest BCUT2D eigenvalue weighted by Crippen LogP contribution is 2.31. The molecule has 0 aliphatic rings. The fourth-order valence-electron chi connectivity index (χ4n) is 2.13. The average Bonchev–Trinajstić information content (AvgIpc) is 2.95. The van der Waals surface area contributed by atoms with Gasteiger partial charge in [-0.3, -0.25) is 0 Å². The summed E-state index contributed by atoms with van der Waals surface area (Å²) in [4.78, 5) is 4.38. The van der Waals surface area contributed by atoms with Crippen molar-refractivity contribution in [3.63, 3.8) is 0 Å². The molecular weight excluding hydrogens is 270 g/mol. The van der Waals surface area contributed by atoms with E-state index >= 15 is 0 Å². The van der Waals surface area contributed by atoms with Crippen LogP contribution in [-0.4, -0.2) is 30.4 Å². The third kappa shape index (κ3) is 3.72. The van der Waals surface area contributed by atoms with Gasteiger partial charge < -0.3 is 19.7 Å². The summed E-state index contributed by atoms with van der Waals surface area (Å²) in [7, 11) is 3.19. The molecule has 1 aromatic carbocycles. The second kappa shape index (κ2) is 7.08. The first-order valence-corrected chi connectivity index (χ1v) is 6.98. The molecule has 6 heteroatoms. The van der Waals surface area contributed by atoms with Crippen LogP contribution in [0.4, 0.5) is 0 Å². The molecule has 2 N–H and O–H groups in total. The normalized spacial score (nSPS) is 12.2. The summed E-state index contributed by atoms with van der Waals surface area (Å²) in [6.07, 6.45) is 2.57. The van der Waals surface area contributed by atoms with Crippen molar-refractivity contribution in [3.05, 3.63) is 24.1 Å². The number of benzene rings is 1. The number of aromatic nitrogens is 2. The van der Waals surface area contributed by atoms with Crippen molar-refractivity contribution >= 4 is 0 Å². The van der Waals surface area contributed by atoms with Gasteiger partial charge in [0.25, 0.3) is 0 Å². The van der Waals surface area contributed by atoms with Crippen LogP contribution in [0.25, 0.3) is 11.4 Å². The molecular formula is C15H21N3O3. The molecule has 21 heavy (non-hydrogen) atoms. The van der Waals surface area contributed by atoms with Crippen LogP contribution in [0.2, 0.25) is 0 Å². The fourth-order valence-corrected chi connectivity index (χ4v) is 2.13. The van der Waals surface area contributed by atoms with Crippen LogP contribution >= 0.6 is 0 Å². The molecule has 0 aliphatic carbocycles. The Morgan fingerprint density at radius 1 is 1.24 bits per heavy atom. The van der Waals surface area contributed by atoms with Gasteiger partial charge in [0.2, 0.25) is 11.7 Å². The van der Waals surface area contributed by atoms with Crippen LogP contribution in [0.1, 0.15) is 25.7 Å². The molecule has 1 atom stereocenters. The highest BCUT2D eigenvalue weighted by molar-refractivity contribution is 5.60. The molecule has 0 saturated heterocycles. The Kier molecular flexibility index (Phi) is 5.16. The summed E-state index contributed by atoms with van der Waals surface area (Å²) in [5.74, 6) is 2.37. The average molecular weight is 291 g/mol. The molecule has 6 nitrogen and oxygen atoms in total. The van der Waals surface area contributed by atoms with Gasteiger partial charge >= 0.3 is 0 Å². The maximum Gasteiger partial charge on any atom is 0.228 e. The number of nitrogens with zero attached hydrogens (tertiary/aromatic N) is 2. The minimum Gasteiger partial charge on any atom is -0.493 e. The van der Waals surface area contributed by atoms with Gasteiger partial charge in [0.1, 0.15) is 0 Å². The fraction of sp³-hybridized carbons (Fsp3) is 0.467. The summed E-state index contributed by atoms with van der Waals surface area (Å²) in [5.41, 5.74) is 6.80. The van der Waals surface area contributed by atoms with Gasteiger partial charge in [-0.2, -0.15) is 4.98 Å². The third-order valence-corrected chi connectivity index (χ3v) is 3.21. The zero-order valence-corrected chi connectivity index (χ0v) is 12.6. The molecule has 0 amide bonds. The second-order valence-electron chi connectivity index (χ2n) is 4.83. The molecule has 1 heterocycles. The van der Waals surface area contributed by atoms with E-state index in [2.05, 4.69) is 17.1 Å². The van der Waals surface area contributed by atoms with E-state index in [0.717, 1.165) is 18.4 Å². The molecule has 0 fully saturated rings. The molecule has 114 valence electrons. The van der Waals surface area contributed by atoms with Gasteiger partial charge in [0, 0.05) is 18.0 Å². The van der Waals surface area contributed by atoms with Crippen molar-refractivity contribution in [2.45, 2.75) is 32.2 Å². The Bertz CT molecular complexity index is 583. The number of rotatable bonds is 7. The van der Waals surface area contributed by atoms with Crippen molar-refractivity contribution in [1.29, 1.82) is 0 Å². The van der Waals surface area contributed by atoms with E-state index < -0.39 is 0 Å². The van der Waals surface area contributed by atoms with Crippen molar-refractivity contribution in [3.8, 4) is 22.9 Å². The molecule has 2 aromatic rings. The van der Waals surface area contributed by atoms with E-state index in [1.165, 1.54) is 0 Å². The minimum atomic E-state index is 0.0497. The lowest BCUT2D eigenvalue weighted by molar-refractivity contribution is 0.355. The van der Waals surface area contributed by atoms with Crippen molar-refractivity contribution in [2.75, 3.05) is 14.2 Å². The number of hydrogen-bond donors (Lipinski definition) is 1. The molecule has 1 unspecified atom stereocenters. The van der Waals surface area contributed by atoms with Crippen LogP contribution in [0.3, 0.4) is 0 Å². The molecule has 0 aliphatic heterocycles. The van der Waals surface area contributed by atoms with Crippen LogP contribution in [-0.2, 0) is 6.42 Å². The Morgan fingerprint density at radius 2 is 2.00 bits per heavy atom. The van der Waals surface area contributed by atoms with E-state index in [1.807, 2.05) is 18.2 Å². The SMILES string of the molecule is CCCC(N)Cc1nc(-c2ccc(OC)c(OC)c2)no1. The van der Waals surface area contributed by atoms with Gasteiger partial charge in [-0.05, 0) is 24.6 Å². The standard InChI is InChI=1S/C15H21N3O3/c1-4-5-11(16)9-14-17-15(18-21-14)10-6-7-12(19-2)13(8-10)20-3/h6-8,11H,4-5,9,16H2,1-3H3. The van der Waals surface area contributed by atoms with E-state index in [0.29, 0.717) is 29.6 Å². The molecule has 0 bridgehead atoms. The quantitative estimate of drug-likeness (QED) is 0.843. The first-order valence-electron chi connectivity index (χ1n) is 6.98. The first kappa shape index (κ1) is 15.3. The van der Waals surface area contributed by atoms with Crippen molar-refractivity contribution in [1.82, 2.24) is 10.1 Å². The van der Waals surface area contributed by atoms with E-state index in [-0.39, 0.29) is 6.04 Å². The lowest BCUT2D eigenvalue weighted by atomic mass is 10.1. The molecule has 0 spiro atoms. The molecule has 1 aromatic heterocycles. The zero-order valence-electron chi connectivity index (χ0n) is 12.6. The van der Waals surface area contributed by atoms with Crippen molar-refractivity contribution < 1.29 is 14.0 Å². The maximum absolute atomic E-state index is 5.98. The Hall–Kier alpha value is -2.08. The monoisotopic (exact) mass is 291 g/mol. The summed E-state index contributed by atoms with van der Waals surface area (Å²) in [6, 6.07) is 5.54. The number of methoxy groups -OCH3 is 2. The lowest BCUT2D eigenvalue weighted by Crippen LogP contribution is -2.22. The topological polar surface area (TPSA) is 83.4 Å². The van der Waals surface area contributed by atoms with Crippen LogP contribution in [0.5, 0.6) is 11.5 Å². The third-order valence-electron chi connectivity index (χ3n) is 3.21. The smallest absolute Gasteiger partial charge is 0.228 e. The van der Waals surface area contributed by atoms with Gasteiger partial charge in [0.15, 0.2) is 11.5 Å². The Labute approximate surface area is 124 Å². The summed E-state index contributed by atoms with van der Waals surface area (Å²) >= 11 is 0. The van der Waals surface area contributed by atoms with Crippen LogP contribution in [0.15, 0.2) is 22.7 Å². The van der Waals surface area contributed by atoms with Gasteiger partial charge in [-0.1, -0.05) is 18.5 Å².